The van der Waals surface area contributed by atoms with Gasteiger partial charge in [0.2, 0.25) is 0 Å². The number of nitrogens with two attached hydrogens (primary N) is 1. The van der Waals surface area contributed by atoms with Gasteiger partial charge in [0.15, 0.2) is 0 Å². The minimum atomic E-state index is 0.0294. The van der Waals surface area contributed by atoms with Crippen molar-refractivity contribution < 1.29 is 4.74 Å². The number of rotatable bonds is 5. The number of hydrogen-bond acceptors (Lipinski definition) is 2. The van der Waals surface area contributed by atoms with Crippen molar-refractivity contribution in [1.29, 1.82) is 0 Å². The first-order chi connectivity index (χ1) is 6.72. The van der Waals surface area contributed by atoms with Crippen molar-refractivity contribution in [1.82, 2.24) is 0 Å². The topological polar surface area (TPSA) is 35.2 Å². The van der Waals surface area contributed by atoms with Crippen LogP contribution >= 0.6 is 0 Å². The van der Waals surface area contributed by atoms with Gasteiger partial charge in [-0.25, -0.2) is 0 Å². The summed E-state index contributed by atoms with van der Waals surface area (Å²) >= 11 is 0. The van der Waals surface area contributed by atoms with Gasteiger partial charge in [-0.2, -0.15) is 0 Å². The van der Waals surface area contributed by atoms with Gasteiger partial charge < -0.3 is 10.5 Å². The van der Waals surface area contributed by atoms with Crippen LogP contribution in [-0.2, 0) is 4.74 Å². The number of hydrogen-bond donors (Lipinski definition) is 1. The third kappa shape index (κ3) is 3.25. The number of ether oxygens (including phenoxy) is 1. The molecule has 0 spiro atoms. The second kappa shape index (κ2) is 5.72. The highest BCUT2D eigenvalue weighted by Crippen LogP contribution is 2.34. The molecule has 1 aliphatic carbocycles. The largest absolute Gasteiger partial charge is 0.374 e. The summed E-state index contributed by atoms with van der Waals surface area (Å²) in [6, 6.07) is 0. The first-order valence-electron chi connectivity index (χ1n) is 6.06. The Kier molecular flexibility index (Phi) is 4.90. The normalized spacial score (nSPS) is 33.2. The molecule has 2 heteroatoms. The van der Waals surface area contributed by atoms with Gasteiger partial charge in [-0.3, -0.25) is 0 Å². The smallest absolute Gasteiger partial charge is 0.0804 e. The molecule has 14 heavy (non-hydrogen) atoms. The summed E-state index contributed by atoms with van der Waals surface area (Å²) in [4.78, 5) is 0. The predicted molar refractivity (Wildman–Crippen MR) is 60.3 cm³/mol. The first-order valence-corrected chi connectivity index (χ1v) is 6.06. The van der Waals surface area contributed by atoms with E-state index in [4.69, 9.17) is 10.5 Å². The summed E-state index contributed by atoms with van der Waals surface area (Å²) in [7, 11) is 0. The molecule has 1 aliphatic rings. The lowest BCUT2D eigenvalue weighted by atomic mass is 9.79. The summed E-state index contributed by atoms with van der Waals surface area (Å²) in [6.45, 7) is 6.11. The van der Waals surface area contributed by atoms with Crippen LogP contribution in [0.1, 0.15) is 52.4 Å². The molecule has 1 fully saturated rings. The molecular weight excluding hydrogens is 174 g/mol. The van der Waals surface area contributed by atoms with E-state index < -0.39 is 0 Å². The minimum Gasteiger partial charge on any atom is -0.374 e. The molecule has 2 N–H and O–H groups in total. The van der Waals surface area contributed by atoms with Crippen molar-refractivity contribution in [2.45, 2.75) is 58.0 Å². The molecule has 1 saturated carbocycles. The minimum absolute atomic E-state index is 0.0294. The number of unbranched alkanes of at least 4 members (excludes halogenated alkanes) is 1. The lowest BCUT2D eigenvalue weighted by molar-refractivity contribution is -0.0708. The van der Waals surface area contributed by atoms with Crippen LogP contribution in [0.2, 0.25) is 0 Å². The molecule has 84 valence electrons. The second-order valence-electron chi connectivity index (χ2n) is 4.77. The zero-order valence-electron chi connectivity index (χ0n) is 9.72. The Labute approximate surface area is 88.2 Å². The van der Waals surface area contributed by atoms with Crippen LogP contribution in [0.25, 0.3) is 0 Å². The first kappa shape index (κ1) is 12.0. The highest BCUT2D eigenvalue weighted by atomic mass is 16.5. The van der Waals surface area contributed by atoms with Crippen LogP contribution in [0.5, 0.6) is 0 Å². The van der Waals surface area contributed by atoms with Crippen LogP contribution in [-0.4, -0.2) is 18.8 Å². The third-order valence-electron chi connectivity index (χ3n) is 3.46. The molecule has 2 nitrogen and oxygen atoms in total. The van der Waals surface area contributed by atoms with Crippen molar-refractivity contribution in [3.63, 3.8) is 0 Å². The molecular formula is C12H25NO. The van der Waals surface area contributed by atoms with Gasteiger partial charge in [0.1, 0.15) is 0 Å². The van der Waals surface area contributed by atoms with E-state index in [0.29, 0.717) is 6.54 Å². The fraction of sp³-hybridized carbons (Fsp3) is 1.00. The Hall–Kier alpha value is -0.0800. The van der Waals surface area contributed by atoms with E-state index in [0.717, 1.165) is 31.8 Å². The molecule has 1 rings (SSSR count). The van der Waals surface area contributed by atoms with Crippen molar-refractivity contribution >= 4 is 0 Å². The maximum absolute atomic E-state index is 5.98. The average molecular weight is 199 g/mol. The van der Waals surface area contributed by atoms with Crippen molar-refractivity contribution in [3.05, 3.63) is 0 Å². The molecule has 0 aliphatic heterocycles. The lowest BCUT2D eigenvalue weighted by Crippen LogP contribution is -2.44. The van der Waals surface area contributed by atoms with E-state index in [1.54, 1.807) is 0 Å². The van der Waals surface area contributed by atoms with E-state index in [9.17, 15) is 0 Å². The predicted octanol–water partition coefficient (Wildman–Crippen LogP) is 2.71. The maximum atomic E-state index is 5.98. The second-order valence-corrected chi connectivity index (χ2v) is 4.77. The van der Waals surface area contributed by atoms with Gasteiger partial charge in [-0.05, 0) is 38.0 Å². The van der Waals surface area contributed by atoms with Crippen molar-refractivity contribution in [3.8, 4) is 0 Å². The monoisotopic (exact) mass is 199 g/mol. The Bertz CT molecular complexity index is 150. The zero-order chi connectivity index (χ0) is 10.4. The highest BCUT2D eigenvalue weighted by Gasteiger charge is 2.33. The van der Waals surface area contributed by atoms with E-state index in [1.165, 1.54) is 19.3 Å². The van der Waals surface area contributed by atoms with Crippen LogP contribution in [0.3, 0.4) is 0 Å². The van der Waals surface area contributed by atoms with Gasteiger partial charge >= 0.3 is 0 Å². The molecule has 0 aromatic rings. The highest BCUT2D eigenvalue weighted by molar-refractivity contribution is 4.87. The lowest BCUT2D eigenvalue weighted by Gasteiger charge is -2.38. The van der Waals surface area contributed by atoms with Crippen molar-refractivity contribution in [2.75, 3.05) is 13.2 Å². The summed E-state index contributed by atoms with van der Waals surface area (Å²) in [5, 5.41) is 0. The molecule has 0 saturated heterocycles. The van der Waals surface area contributed by atoms with Gasteiger partial charge in [-0.1, -0.05) is 20.3 Å². The Balaban J connectivity index is 2.34. The van der Waals surface area contributed by atoms with Crippen molar-refractivity contribution in [2.24, 2.45) is 11.7 Å². The van der Waals surface area contributed by atoms with E-state index in [-0.39, 0.29) is 5.60 Å². The fourth-order valence-electron chi connectivity index (χ4n) is 2.13. The van der Waals surface area contributed by atoms with E-state index in [1.807, 2.05) is 0 Å². The Morgan fingerprint density at radius 1 is 1.36 bits per heavy atom. The molecule has 0 unspecified atom stereocenters. The van der Waals surface area contributed by atoms with Crippen LogP contribution in [0, 0.1) is 5.92 Å². The molecule has 0 heterocycles. The average Bonchev–Trinajstić information content (AvgIpc) is 2.22. The van der Waals surface area contributed by atoms with Gasteiger partial charge in [0.25, 0.3) is 0 Å². The third-order valence-corrected chi connectivity index (χ3v) is 3.46. The van der Waals surface area contributed by atoms with Crippen LogP contribution in [0.15, 0.2) is 0 Å². The summed E-state index contributed by atoms with van der Waals surface area (Å²) < 4.78 is 5.98. The quantitative estimate of drug-likeness (QED) is 0.691. The SMILES string of the molecule is CCCCOC1(CN)CCC(C)CC1. The summed E-state index contributed by atoms with van der Waals surface area (Å²) in [5.74, 6) is 0.865. The molecule has 0 amide bonds. The Morgan fingerprint density at radius 3 is 2.50 bits per heavy atom. The van der Waals surface area contributed by atoms with Crippen LogP contribution in [0.4, 0.5) is 0 Å². The maximum Gasteiger partial charge on any atom is 0.0804 e. The van der Waals surface area contributed by atoms with E-state index in [2.05, 4.69) is 13.8 Å². The van der Waals surface area contributed by atoms with Gasteiger partial charge in [-0.15, -0.1) is 0 Å². The molecule has 0 radical (unpaired) electrons. The molecule has 0 bridgehead atoms. The van der Waals surface area contributed by atoms with Gasteiger partial charge in [0.05, 0.1) is 5.60 Å². The van der Waals surface area contributed by atoms with E-state index >= 15 is 0 Å². The Morgan fingerprint density at radius 2 is 2.00 bits per heavy atom. The zero-order valence-corrected chi connectivity index (χ0v) is 9.72. The molecule has 0 atom stereocenters. The van der Waals surface area contributed by atoms with Gasteiger partial charge in [0, 0.05) is 13.2 Å². The van der Waals surface area contributed by atoms with Crippen LogP contribution < -0.4 is 5.73 Å². The standard InChI is InChI=1S/C12H25NO/c1-3-4-9-14-12(10-13)7-5-11(2)6-8-12/h11H,3-10,13H2,1-2H3. The summed E-state index contributed by atoms with van der Waals surface area (Å²) in [5.41, 5.74) is 5.87. The molecule has 0 aromatic carbocycles. The summed E-state index contributed by atoms with van der Waals surface area (Å²) in [6.07, 6.45) is 7.25. The molecule has 0 aromatic heterocycles. The fourth-order valence-corrected chi connectivity index (χ4v) is 2.13.